The number of halogens is 2. The molecule has 0 bridgehead atoms. The van der Waals surface area contributed by atoms with Crippen LogP contribution in [0.15, 0.2) is 67.0 Å². The van der Waals surface area contributed by atoms with Crippen LogP contribution in [0, 0.1) is 11.7 Å². The number of rotatable bonds is 10. The molecule has 1 aliphatic carbocycles. The summed E-state index contributed by atoms with van der Waals surface area (Å²) < 4.78 is 31.8. The van der Waals surface area contributed by atoms with Crippen molar-refractivity contribution in [2.45, 2.75) is 75.6 Å². The van der Waals surface area contributed by atoms with Gasteiger partial charge in [-0.15, -0.1) is 0 Å². The number of anilines is 2. The van der Waals surface area contributed by atoms with Crippen molar-refractivity contribution >= 4 is 45.9 Å². The van der Waals surface area contributed by atoms with E-state index in [1.165, 1.54) is 11.0 Å². The molecule has 2 heterocycles. The zero-order valence-corrected chi connectivity index (χ0v) is 26.8. The first kappa shape index (κ1) is 32.1. The van der Waals surface area contributed by atoms with Crippen molar-refractivity contribution in [3.63, 3.8) is 0 Å². The summed E-state index contributed by atoms with van der Waals surface area (Å²) in [7, 11) is -1.47. The van der Waals surface area contributed by atoms with Crippen molar-refractivity contribution in [1.29, 1.82) is 0 Å². The SMILES string of the molecule is CC(C)(C)S(=O)NC(CCC1CC1)(c1ccncc1)c1ccc(F)c(NC(=O)[C@H]2CCCN2C(=O)Nc2ccc(Cl)cc2)c1. The second kappa shape index (κ2) is 13.3. The molecule has 2 unspecified atom stereocenters. The van der Waals surface area contributed by atoms with E-state index in [1.54, 1.807) is 48.8 Å². The van der Waals surface area contributed by atoms with Gasteiger partial charge in [0, 0.05) is 29.6 Å². The average Bonchev–Trinajstić information content (AvgIpc) is 3.70. The predicted molar refractivity (Wildman–Crippen MR) is 173 cm³/mol. The minimum Gasteiger partial charge on any atom is -0.322 e. The Kier molecular flexibility index (Phi) is 9.72. The number of carbonyl (C=O) groups is 2. The molecule has 2 aromatic carbocycles. The summed E-state index contributed by atoms with van der Waals surface area (Å²) in [6, 6.07) is 14.0. The van der Waals surface area contributed by atoms with Crippen LogP contribution < -0.4 is 15.4 Å². The van der Waals surface area contributed by atoms with E-state index in [1.807, 2.05) is 32.9 Å². The maximum atomic E-state index is 15.4. The van der Waals surface area contributed by atoms with Crippen LogP contribution in [0.3, 0.4) is 0 Å². The number of hydrogen-bond acceptors (Lipinski definition) is 4. The van der Waals surface area contributed by atoms with E-state index in [9.17, 15) is 13.8 Å². The fourth-order valence-electron chi connectivity index (χ4n) is 5.51. The minimum absolute atomic E-state index is 0.00523. The van der Waals surface area contributed by atoms with E-state index in [4.69, 9.17) is 11.6 Å². The normalized spacial score (nSPS) is 18.8. The standard InChI is InChI=1S/C33H39ClFN5O3S/c1-32(2,3)44(43)39-33(17-14-22-6-7-22,23-15-18-36-19-16-23)24-8-13-27(35)28(21-24)38-30(41)29-5-4-20-40(29)31(42)37-26-11-9-25(34)10-12-26/h8-13,15-16,18-19,21-22,29,39H,4-7,14,17,20H2,1-3H3,(H,37,42)(H,38,41)/t29-,33?,44?/m1/s1. The number of amides is 3. The number of carbonyl (C=O) groups excluding carboxylic acids is 2. The molecule has 0 radical (unpaired) electrons. The van der Waals surface area contributed by atoms with Gasteiger partial charge in [0.05, 0.1) is 27.0 Å². The Morgan fingerprint density at radius 3 is 2.36 bits per heavy atom. The van der Waals surface area contributed by atoms with Gasteiger partial charge < -0.3 is 15.5 Å². The van der Waals surface area contributed by atoms with E-state index < -0.39 is 45.1 Å². The Labute approximate surface area is 265 Å². The summed E-state index contributed by atoms with van der Waals surface area (Å²) >= 11 is 5.95. The van der Waals surface area contributed by atoms with Crippen LogP contribution in [-0.4, -0.2) is 43.4 Å². The van der Waals surface area contributed by atoms with Crippen molar-refractivity contribution in [3.05, 3.63) is 89.0 Å². The molecule has 3 amide bonds. The van der Waals surface area contributed by atoms with Gasteiger partial charge in [-0.05, 0) is 112 Å². The molecule has 3 atom stereocenters. The Balaban J connectivity index is 1.43. The molecule has 3 N–H and O–H groups in total. The lowest BCUT2D eigenvalue weighted by Gasteiger charge is -2.38. The van der Waals surface area contributed by atoms with Crippen LogP contribution in [0.1, 0.15) is 70.4 Å². The molecule has 1 aromatic heterocycles. The topological polar surface area (TPSA) is 103 Å². The molecular formula is C33H39ClFN5O3S. The molecule has 0 spiro atoms. The first-order chi connectivity index (χ1) is 21.0. The maximum Gasteiger partial charge on any atom is 0.322 e. The van der Waals surface area contributed by atoms with Crippen LogP contribution in [0.2, 0.25) is 5.02 Å². The van der Waals surface area contributed by atoms with Gasteiger partial charge in [-0.3, -0.25) is 9.78 Å². The van der Waals surface area contributed by atoms with Crippen molar-refractivity contribution < 1.29 is 18.2 Å². The second-order valence-electron chi connectivity index (χ2n) is 12.6. The molecule has 11 heteroatoms. The van der Waals surface area contributed by atoms with E-state index in [0.29, 0.717) is 48.0 Å². The number of nitrogens with zero attached hydrogens (tertiary/aromatic N) is 2. The zero-order valence-electron chi connectivity index (χ0n) is 25.2. The highest BCUT2D eigenvalue weighted by atomic mass is 35.5. The second-order valence-corrected chi connectivity index (χ2v) is 15.0. The zero-order chi connectivity index (χ0) is 31.5. The first-order valence-electron chi connectivity index (χ1n) is 15.0. The maximum absolute atomic E-state index is 15.4. The molecule has 44 heavy (non-hydrogen) atoms. The van der Waals surface area contributed by atoms with Gasteiger partial charge in [0.15, 0.2) is 0 Å². The monoisotopic (exact) mass is 639 g/mol. The highest BCUT2D eigenvalue weighted by molar-refractivity contribution is 7.84. The van der Waals surface area contributed by atoms with Crippen molar-refractivity contribution in [1.82, 2.24) is 14.6 Å². The number of benzene rings is 2. The average molecular weight is 640 g/mol. The molecule has 1 saturated carbocycles. The van der Waals surface area contributed by atoms with E-state index in [0.717, 1.165) is 24.8 Å². The van der Waals surface area contributed by atoms with Gasteiger partial charge in [0.25, 0.3) is 0 Å². The smallest absolute Gasteiger partial charge is 0.322 e. The van der Waals surface area contributed by atoms with Crippen molar-refractivity contribution in [3.8, 4) is 0 Å². The molecule has 1 saturated heterocycles. The number of urea groups is 1. The Bertz CT molecular complexity index is 1510. The summed E-state index contributed by atoms with van der Waals surface area (Å²) in [5.41, 5.74) is 1.18. The first-order valence-corrected chi connectivity index (χ1v) is 16.5. The fourth-order valence-corrected chi connectivity index (χ4v) is 6.60. The van der Waals surface area contributed by atoms with Crippen LogP contribution in [0.25, 0.3) is 0 Å². The Morgan fingerprint density at radius 2 is 1.70 bits per heavy atom. The van der Waals surface area contributed by atoms with Crippen LogP contribution >= 0.6 is 11.6 Å². The quantitative estimate of drug-likeness (QED) is 0.222. The van der Waals surface area contributed by atoms with Crippen LogP contribution in [-0.2, 0) is 21.3 Å². The van der Waals surface area contributed by atoms with E-state index >= 15 is 4.39 Å². The third-order valence-corrected chi connectivity index (χ3v) is 10.1. The summed E-state index contributed by atoms with van der Waals surface area (Å²) in [4.78, 5) is 32.3. The van der Waals surface area contributed by atoms with Crippen LogP contribution in [0.5, 0.6) is 0 Å². The van der Waals surface area contributed by atoms with E-state index in [-0.39, 0.29) is 5.69 Å². The van der Waals surface area contributed by atoms with Gasteiger partial charge >= 0.3 is 6.03 Å². The highest BCUT2D eigenvalue weighted by Gasteiger charge is 2.41. The fraction of sp³-hybridized carbons (Fsp3) is 0.424. The molecule has 2 fully saturated rings. The molecule has 1 aliphatic heterocycles. The molecule has 3 aromatic rings. The van der Waals surface area contributed by atoms with E-state index in [2.05, 4.69) is 20.3 Å². The van der Waals surface area contributed by atoms with Gasteiger partial charge in [0.2, 0.25) is 5.91 Å². The number of hydrogen-bond donors (Lipinski definition) is 3. The number of aromatic nitrogens is 1. The summed E-state index contributed by atoms with van der Waals surface area (Å²) in [6.07, 6.45) is 8.32. The molecular weight excluding hydrogens is 601 g/mol. The van der Waals surface area contributed by atoms with Gasteiger partial charge in [-0.2, -0.15) is 0 Å². The van der Waals surface area contributed by atoms with Crippen LogP contribution in [0.4, 0.5) is 20.6 Å². The molecule has 5 rings (SSSR count). The summed E-state index contributed by atoms with van der Waals surface area (Å²) in [6.45, 7) is 6.11. The lowest BCUT2D eigenvalue weighted by Crippen LogP contribution is -2.49. The highest BCUT2D eigenvalue weighted by Crippen LogP contribution is 2.42. The van der Waals surface area contributed by atoms with Gasteiger partial charge in [0.1, 0.15) is 11.9 Å². The molecule has 234 valence electrons. The van der Waals surface area contributed by atoms with Gasteiger partial charge in [-0.25, -0.2) is 18.1 Å². The largest absolute Gasteiger partial charge is 0.322 e. The number of nitrogens with one attached hydrogen (secondary N) is 3. The lowest BCUT2D eigenvalue weighted by molar-refractivity contribution is -0.119. The van der Waals surface area contributed by atoms with Crippen molar-refractivity contribution in [2.75, 3.05) is 17.2 Å². The third kappa shape index (κ3) is 7.47. The third-order valence-electron chi connectivity index (χ3n) is 8.25. The Hall–Kier alpha value is -3.34. The summed E-state index contributed by atoms with van der Waals surface area (Å²) in [5, 5.41) is 6.12. The minimum atomic E-state index is -1.47. The Morgan fingerprint density at radius 1 is 1.00 bits per heavy atom. The van der Waals surface area contributed by atoms with Crippen molar-refractivity contribution in [2.24, 2.45) is 5.92 Å². The number of pyridine rings is 1. The predicted octanol–water partition coefficient (Wildman–Crippen LogP) is 6.99. The molecule has 8 nitrogen and oxygen atoms in total. The number of likely N-dealkylation sites (tertiary alicyclic amines) is 1. The van der Waals surface area contributed by atoms with Gasteiger partial charge in [-0.1, -0.05) is 30.5 Å². The molecule has 2 aliphatic rings. The summed E-state index contributed by atoms with van der Waals surface area (Å²) in [5.74, 6) is -0.475. The lowest BCUT2D eigenvalue weighted by atomic mass is 9.79.